The van der Waals surface area contributed by atoms with E-state index in [-0.39, 0.29) is 0 Å². The van der Waals surface area contributed by atoms with Crippen LogP contribution in [-0.4, -0.2) is 12.8 Å². The first-order valence-corrected chi connectivity index (χ1v) is 9.52. The highest BCUT2D eigenvalue weighted by atomic mass is 79.9. The molecule has 3 rings (SSSR count). The molecule has 0 atom stereocenters. The second kappa shape index (κ2) is 9.78. The fraction of sp³-hybridized carbons (Fsp3) is 0.136. The Bertz CT molecular complexity index is 884. The Morgan fingerprint density at radius 2 is 1.67 bits per heavy atom. The third-order valence-corrected chi connectivity index (χ3v) is 4.33. The molecule has 0 fully saturated rings. The molecule has 1 N–H and O–H groups in total. The van der Waals surface area contributed by atoms with Crippen molar-refractivity contribution in [1.82, 2.24) is 0 Å². The van der Waals surface area contributed by atoms with Crippen molar-refractivity contribution in [2.24, 2.45) is 5.10 Å². The standard InChI is InChI=1S/C22H21BrN2O2/c1-2-26-21-14-18(15-24-25-19-11-7-4-8-12-19)13-20(23)22(21)27-16-17-9-5-3-6-10-17/h3-15,25H,2,16H2,1H3/b24-15-. The number of nitrogens with one attached hydrogen (secondary N) is 1. The minimum Gasteiger partial charge on any atom is -0.490 e. The molecule has 0 aliphatic carbocycles. The summed E-state index contributed by atoms with van der Waals surface area (Å²) in [4.78, 5) is 0. The first kappa shape index (κ1) is 19.0. The third-order valence-electron chi connectivity index (χ3n) is 3.74. The third kappa shape index (κ3) is 5.59. The summed E-state index contributed by atoms with van der Waals surface area (Å²) >= 11 is 3.59. The smallest absolute Gasteiger partial charge is 0.175 e. The number of anilines is 1. The zero-order valence-electron chi connectivity index (χ0n) is 15.1. The van der Waals surface area contributed by atoms with Crippen LogP contribution in [0, 0.1) is 0 Å². The molecule has 0 spiro atoms. The molecule has 0 aliphatic rings. The highest BCUT2D eigenvalue weighted by molar-refractivity contribution is 9.10. The van der Waals surface area contributed by atoms with Gasteiger partial charge in [0.05, 0.1) is 23.0 Å². The Balaban J connectivity index is 1.75. The molecule has 0 saturated heterocycles. The van der Waals surface area contributed by atoms with E-state index in [0.29, 0.717) is 24.7 Å². The first-order valence-electron chi connectivity index (χ1n) is 8.73. The highest BCUT2D eigenvalue weighted by Gasteiger charge is 2.12. The lowest BCUT2D eigenvalue weighted by molar-refractivity contribution is 0.267. The fourth-order valence-corrected chi connectivity index (χ4v) is 3.06. The fourth-order valence-electron chi connectivity index (χ4n) is 2.49. The summed E-state index contributed by atoms with van der Waals surface area (Å²) in [6.45, 7) is 2.98. The van der Waals surface area contributed by atoms with Gasteiger partial charge in [0.15, 0.2) is 11.5 Å². The molecule has 4 nitrogen and oxygen atoms in total. The van der Waals surface area contributed by atoms with Crippen LogP contribution >= 0.6 is 15.9 Å². The van der Waals surface area contributed by atoms with Crippen LogP contribution in [0.5, 0.6) is 11.5 Å². The average Bonchev–Trinajstić information content (AvgIpc) is 2.69. The largest absolute Gasteiger partial charge is 0.490 e. The van der Waals surface area contributed by atoms with Gasteiger partial charge in [0.25, 0.3) is 0 Å². The van der Waals surface area contributed by atoms with Crippen molar-refractivity contribution in [3.8, 4) is 11.5 Å². The average molecular weight is 425 g/mol. The SMILES string of the molecule is CCOc1cc(/C=N\Nc2ccccc2)cc(Br)c1OCc1ccccc1. The number of ether oxygens (including phenoxy) is 2. The van der Waals surface area contributed by atoms with E-state index in [1.54, 1.807) is 6.21 Å². The molecule has 3 aromatic carbocycles. The summed E-state index contributed by atoms with van der Waals surface area (Å²) in [5.74, 6) is 1.37. The van der Waals surface area contributed by atoms with Gasteiger partial charge in [-0.25, -0.2) is 0 Å². The van der Waals surface area contributed by atoms with Crippen molar-refractivity contribution >= 4 is 27.8 Å². The molecule has 5 heteroatoms. The maximum atomic E-state index is 6.00. The van der Waals surface area contributed by atoms with E-state index in [1.165, 1.54) is 0 Å². The summed E-state index contributed by atoms with van der Waals surface area (Å²) < 4.78 is 12.6. The quantitative estimate of drug-likeness (QED) is 0.363. The van der Waals surface area contributed by atoms with Crippen molar-refractivity contribution in [2.45, 2.75) is 13.5 Å². The Labute approximate surface area is 168 Å². The number of benzene rings is 3. The van der Waals surface area contributed by atoms with Crippen LogP contribution in [0.4, 0.5) is 5.69 Å². The zero-order valence-corrected chi connectivity index (χ0v) is 16.6. The van der Waals surface area contributed by atoms with E-state index in [1.807, 2.05) is 79.7 Å². The van der Waals surface area contributed by atoms with Crippen molar-refractivity contribution in [2.75, 3.05) is 12.0 Å². The number of hydrogen-bond acceptors (Lipinski definition) is 4. The summed E-state index contributed by atoms with van der Waals surface area (Å²) in [5.41, 5.74) is 5.94. The van der Waals surface area contributed by atoms with Gasteiger partial charge >= 0.3 is 0 Å². The predicted octanol–water partition coefficient (Wildman–Crippen LogP) is 5.87. The Morgan fingerprint density at radius 3 is 2.37 bits per heavy atom. The number of hydrogen-bond donors (Lipinski definition) is 1. The molecular formula is C22H21BrN2O2. The van der Waals surface area contributed by atoms with Gasteiger partial charge in [0, 0.05) is 0 Å². The van der Waals surface area contributed by atoms with Crippen LogP contribution < -0.4 is 14.9 Å². The molecule has 0 unspecified atom stereocenters. The van der Waals surface area contributed by atoms with Crippen molar-refractivity contribution in [1.29, 1.82) is 0 Å². The van der Waals surface area contributed by atoms with Gasteiger partial charge in [-0.2, -0.15) is 5.10 Å². The molecule has 0 amide bonds. The number of rotatable bonds is 8. The maximum Gasteiger partial charge on any atom is 0.175 e. The molecule has 27 heavy (non-hydrogen) atoms. The van der Waals surface area contributed by atoms with Crippen molar-refractivity contribution < 1.29 is 9.47 Å². The van der Waals surface area contributed by atoms with Gasteiger partial charge < -0.3 is 9.47 Å². The van der Waals surface area contributed by atoms with Crippen LogP contribution in [0.15, 0.2) is 82.4 Å². The Kier molecular flexibility index (Phi) is 6.88. The highest BCUT2D eigenvalue weighted by Crippen LogP contribution is 2.37. The summed E-state index contributed by atoms with van der Waals surface area (Å²) in [5, 5.41) is 4.29. The van der Waals surface area contributed by atoms with Gasteiger partial charge in [-0.15, -0.1) is 0 Å². The van der Waals surface area contributed by atoms with E-state index in [9.17, 15) is 0 Å². The van der Waals surface area contributed by atoms with Crippen molar-refractivity contribution in [3.63, 3.8) is 0 Å². The van der Waals surface area contributed by atoms with Crippen LogP contribution in [0.25, 0.3) is 0 Å². The molecular weight excluding hydrogens is 404 g/mol. The molecule has 0 aliphatic heterocycles. The van der Waals surface area contributed by atoms with E-state index in [0.717, 1.165) is 21.3 Å². The van der Waals surface area contributed by atoms with E-state index in [2.05, 4.69) is 26.5 Å². The normalized spacial score (nSPS) is 10.7. The second-order valence-corrected chi connectivity index (χ2v) is 6.63. The molecule has 0 radical (unpaired) electrons. The summed E-state index contributed by atoms with van der Waals surface area (Å²) in [7, 11) is 0. The lowest BCUT2D eigenvalue weighted by Gasteiger charge is -2.14. The first-order chi connectivity index (χ1) is 13.3. The van der Waals surface area contributed by atoms with Gasteiger partial charge in [-0.05, 0) is 58.2 Å². The molecule has 3 aromatic rings. The maximum absolute atomic E-state index is 6.00. The number of halogens is 1. The number of para-hydroxylation sites is 1. The molecule has 0 saturated carbocycles. The second-order valence-electron chi connectivity index (χ2n) is 5.77. The van der Waals surface area contributed by atoms with E-state index in [4.69, 9.17) is 9.47 Å². The topological polar surface area (TPSA) is 42.8 Å². The van der Waals surface area contributed by atoms with Crippen LogP contribution in [0.2, 0.25) is 0 Å². The Hall–Kier alpha value is -2.79. The molecule has 138 valence electrons. The predicted molar refractivity (Wildman–Crippen MR) is 114 cm³/mol. The minimum atomic E-state index is 0.475. The summed E-state index contributed by atoms with van der Waals surface area (Å²) in [6, 6.07) is 23.7. The van der Waals surface area contributed by atoms with Gasteiger partial charge in [-0.3, -0.25) is 5.43 Å². The molecule has 0 heterocycles. The minimum absolute atomic E-state index is 0.475. The molecule has 0 bridgehead atoms. The van der Waals surface area contributed by atoms with E-state index < -0.39 is 0 Å². The van der Waals surface area contributed by atoms with Crippen molar-refractivity contribution in [3.05, 3.63) is 88.4 Å². The van der Waals surface area contributed by atoms with Crippen LogP contribution in [-0.2, 0) is 6.61 Å². The number of nitrogens with zero attached hydrogens (tertiary/aromatic N) is 1. The van der Waals surface area contributed by atoms with E-state index >= 15 is 0 Å². The van der Waals surface area contributed by atoms with Gasteiger partial charge in [0.2, 0.25) is 0 Å². The lowest BCUT2D eigenvalue weighted by atomic mass is 10.2. The van der Waals surface area contributed by atoms with Crippen LogP contribution in [0.1, 0.15) is 18.1 Å². The van der Waals surface area contributed by atoms with Crippen LogP contribution in [0.3, 0.4) is 0 Å². The Morgan fingerprint density at radius 1 is 0.963 bits per heavy atom. The van der Waals surface area contributed by atoms with Gasteiger partial charge in [0.1, 0.15) is 6.61 Å². The van der Waals surface area contributed by atoms with Gasteiger partial charge in [-0.1, -0.05) is 48.5 Å². The summed E-state index contributed by atoms with van der Waals surface area (Å²) in [6.07, 6.45) is 1.75. The zero-order chi connectivity index (χ0) is 18.9. The lowest BCUT2D eigenvalue weighted by Crippen LogP contribution is -2.01. The number of hydrazone groups is 1. The molecule has 0 aromatic heterocycles. The monoisotopic (exact) mass is 424 g/mol.